The fourth-order valence-corrected chi connectivity index (χ4v) is 2.90. The molecule has 6 heteroatoms. The molecular formula is C19H17FN2O3. The topological polar surface area (TPSA) is 70.5 Å². The molecule has 0 radical (unpaired) electrons. The minimum atomic E-state index is -0.782. The van der Waals surface area contributed by atoms with Crippen LogP contribution >= 0.6 is 0 Å². The number of nitrogens with zero attached hydrogens (tertiary/aromatic N) is 2. The minimum absolute atomic E-state index is 0.0514. The highest BCUT2D eigenvalue weighted by Gasteiger charge is 2.44. The van der Waals surface area contributed by atoms with Crippen LogP contribution in [-0.4, -0.2) is 21.8 Å². The normalized spacial score (nSPS) is 17.5. The summed E-state index contributed by atoms with van der Waals surface area (Å²) in [6.45, 7) is 3.41. The Hall–Kier alpha value is -3.02. The van der Waals surface area contributed by atoms with Crippen molar-refractivity contribution in [1.29, 1.82) is 0 Å². The Bertz CT molecular complexity index is 845. The highest BCUT2D eigenvalue weighted by Crippen LogP contribution is 2.41. The number of anilines is 1. The predicted molar refractivity (Wildman–Crippen MR) is 90.4 cm³/mol. The van der Waals surface area contributed by atoms with E-state index in [0.29, 0.717) is 11.3 Å². The third kappa shape index (κ3) is 2.91. The summed E-state index contributed by atoms with van der Waals surface area (Å²) in [5.41, 5.74) is 1.09. The van der Waals surface area contributed by atoms with Gasteiger partial charge in [0.2, 0.25) is 0 Å². The van der Waals surface area contributed by atoms with Crippen molar-refractivity contribution >= 4 is 17.4 Å². The minimum Gasteiger partial charge on any atom is -0.503 e. The largest absolute Gasteiger partial charge is 0.503 e. The molecule has 1 amide bonds. The Labute approximate surface area is 144 Å². The lowest BCUT2D eigenvalue weighted by molar-refractivity contribution is -0.119. The van der Waals surface area contributed by atoms with Gasteiger partial charge in [0.1, 0.15) is 5.82 Å². The number of carbonyl (C=O) groups excluding carboxylic acids is 2. The van der Waals surface area contributed by atoms with E-state index >= 15 is 0 Å². The maximum absolute atomic E-state index is 13.3. The number of hydrogen-bond donors (Lipinski definition) is 1. The number of aliphatic hydroxyl groups is 1. The summed E-state index contributed by atoms with van der Waals surface area (Å²) >= 11 is 0. The van der Waals surface area contributed by atoms with Crippen molar-refractivity contribution in [3.8, 4) is 0 Å². The summed E-state index contributed by atoms with van der Waals surface area (Å²) in [5, 5.41) is 10.4. The highest BCUT2D eigenvalue weighted by molar-refractivity contribution is 6.16. The van der Waals surface area contributed by atoms with Gasteiger partial charge in [-0.3, -0.25) is 19.5 Å². The third-order valence-electron chi connectivity index (χ3n) is 4.12. The highest BCUT2D eigenvalue weighted by atomic mass is 19.1. The zero-order chi connectivity index (χ0) is 18.1. The molecule has 0 bridgehead atoms. The lowest BCUT2D eigenvalue weighted by Gasteiger charge is -2.27. The molecule has 0 fully saturated rings. The molecule has 5 nitrogen and oxygen atoms in total. The number of hydrogen-bond acceptors (Lipinski definition) is 4. The second-order valence-corrected chi connectivity index (χ2v) is 6.12. The molecule has 1 unspecified atom stereocenters. The Morgan fingerprint density at radius 1 is 1.16 bits per heavy atom. The molecule has 0 saturated heterocycles. The van der Waals surface area contributed by atoms with Crippen molar-refractivity contribution in [1.82, 2.24) is 4.98 Å². The van der Waals surface area contributed by atoms with Crippen LogP contribution in [0.3, 0.4) is 0 Å². The molecular weight excluding hydrogens is 323 g/mol. The smallest absolute Gasteiger partial charge is 0.294 e. The number of pyridine rings is 1. The molecule has 0 saturated carbocycles. The fourth-order valence-electron chi connectivity index (χ4n) is 2.90. The van der Waals surface area contributed by atoms with Crippen molar-refractivity contribution in [3.63, 3.8) is 0 Å². The summed E-state index contributed by atoms with van der Waals surface area (Å²) in [6, 6.07) is 7.92. The average Bonchev–Trinajstić information content (AvgIpc) is 2.87. The summed E-state index contributed by atoms with van der Waals surface area (Å²) in [6.07, 6.45) is 3.10. The van der Waals surface area contributed by atoms with E-state index in [-0.39, 0.29) is 17.3 Å². The van der Waals surface area contributed by atoms with Crippen LogP contribution in [0.5, 0.6) is 0 Å². The van der Waals surface area contributed by atoms with Crippen LogP contribution < -0.4 is 4.90 Å². The van der Waals surface area contributed by atoms with Crippen LogP contribution in [0.1, 0.15) is 25.5 Å². The molecule has 2 heterocycles. The molecule has 1 aromatic carbocycles. The van der Waals surface area contributed by atoms with E-state index < -0.39 is 23.5 Å². The van der Waals surface area contributed by atoms with E-state index in [1.165, 1.54) is 29.2 Å². The van der Waals surface area contributed by atoms with Gasteiger partial charge in [-0.25, -0.2) is 4.39 Å². The summed E-state index contributed by atoms with van der Waals surface area (Å²) in [5.74, 6) is -2.38. The number of benzene rings is 1. The van der Waals surface area contributed by atoms with E-state index in [4.69, 9.17) is 0 Å². The monoisotopic (exact) mass is 340 g/mol. The van der Waals surface area contributed by atoms with Crippen molar-refractivity contribution in [3.05, 3.63) is 71.5 Å². The Balaban J connectivity index is 2.17. The van der Waals surface area contributed by atoms with Gasteiger partial charge in [0, 0.05) is 24.0 Å². The summed E-state index contributed by atoms with van der Waals surface area (Å²) in [7, 11) is 0. The van der Waals surface area contributed by atoms with E-state index in [1.807, 2.05) is 0 Å². The van der Waals surface area contributed by atoms with E-state index in [1.54, 1.807) is 38.4 Å². The van der Waals surface area contributed by atoms with Gasteiger partial charge in [0.15, 0.2) is 11.5 Å². The number of aromatic nitrogens is 1. The second-order valence-electron chi connectivity index (χ2n) is 6.12. The maximum Gasteiger partial charge on any atom is 0.294 e. The zero-order valence-corrected chi connectivity index (χ0v) is 13.8. The standard InChI is InChI=1S/C19H17FN2O3/c1-11(2)17(23)15-16(12-7-9-21-10-8-12)22(19(25)18(15)24)14-5-3-13(20)4-6-14/h3-11,16,24H,1-2H3. The molecule has 0 aliphatic carbocycles. The second kappa shape index (κ2) is 6.47. The van der Waals surface area contributed by atoms with Gasteiger partial charge in [-0.15, -0.1) is 0 Å². The van der Waals surface area contributed by atoms with Crippen LogP contribution in [0.15, 0.2) is 60.1 Å². The first-order valence-electron chi connectivity index (χ1n) is 7.88. The number of rotatable bonds is 4. The number of halogens is 1. The van der Waals surface area contributed by atoms with Gasteiger partial charge >= 0.3 is 0 Å². The van der Waals surface area contributed by atoms with Gasteiger partial charge in [0.05, 0.1) is 11.6 Å². The van der Waals surface area contributed by atoms with Crippen LogP contribution in [0.4, 0.5) is 10.1 Å². The first kappa shape index (κ1) is 16.8. The van der Waals surface area contributed by atoms with E-state index in [0.717, 1.165) is 0 Å². The summed E-state index contributed by atoms with van der Waals surface area (Å²) in [4.78, 5) is 30.6. The molecule has 1 atom stereocenters. The molecule has 1 aliphatic heterocycles. The molecule has 1 aromatic heterocycles. The van der Waals surface area contributed by atoms with Crippen LogP contribution in [0, 0.1) is 11.7 Å². The van der Waals surface area contributed by atoms with Gasteiger partial charge in [-0.1, -0.05) is 13.8 Å². The molecule has 0 spiro atoms. The number of amides is 1. The quantitative estimate of drug-likeness (QED) is 0.927. The van der Waals surface area contributed by atoms with Gasteiger partial charge in [-0.05, 0) is 42.0 Å². The number of Topliss-reactive ketones (excluding diaryl/α,β-unsaturated/α-hetero) is 1. The molecule has 1 N–H and O–H groups in total. The van der Waals surface area contributed by atoms with Crippen LogP contribution in [-0.2, 0) is 9.59 Å². The third-order valence-corrected chi connectivity index (χ3v) is 4.12. The maximum atomic E-state index is 13.3. The lowest BCUT2D eigenvalue weighted by atomic mass is 9.91. The number of ketones is 1. The predicted octanol–water partition coefficient (Wildman–Crippen LogP) is 3.35. The first-order valence-corrected chi connectivity index (χ1v) is 7.88. The Morgan fingerprint density at radius 2 is 1.76 bits per heavy atom. The van der Waals surface area contributed by atoms with Crippen LogP contribution in [0.2, 0.25) is 0 Å². The van der Waals surface area contributed by atoms with Gasteiger partial charge in [0.25, 0.3) is 5.91 Å². The van der Waals surface area contributed by atoms with Gasteiger partial charge in [-0.2, -0.15) is 0 Å². The molecule has 1 aliphatic rings. The van der Waals surface area contributed by atoms with Crippen LogP contribution in [0.25, 0.3) is 0 Å². The van der Waals surface area contributed by atoms with Crippen molar-refractivity contribution in [2.75, 3.05) is 4.90 Å². The zero-order valence-electron chi connectivity index (χ0n) is 13.8. The fraction of sp³-hybridized carbons (Fsp3) is 0.211. The van der Waals surface area contributed by atoms with Crippen molar-refractivity contribution in [2.45, 2.75) is 19.9 Å². The molecule has 25 heavy (non-hydrogen) atoms. The first-order chi connectivity index (χ1) is 11.9. The van der Waals surface area contributed by atoms with E-state index in [9.17, 15) is 19.1 Å². The number of aliphatic hydroxyl groups excluding tert-OH is 1. The van der Waals surface area contributed by atoms with Crippen molar-refractivity contribution in [2.24, 2.45) is 5.92 Å². The average molecular weight is 340 g/mol. The lowest BCUT2D eigenvalue weighted by Crippen LogP contribution is -2.31. The van der Waals surface area contributed by atoms with Crippen molar-refractivity contribution < 1.29 is 19.1 Å². The molecule has 3 rings (SSSR count). The van der Waals surface area contributed by atoms with Gasteiger partial charge < -0.3 is 5.11 Å². The SMILES string of the molecule is CC(C)C(=O)C1=C(O)C(=O)N(c2ccc(F)cc2)C1c1ccncc1. The van der Waals surface area contributed by atoms with E-state index in [2.05, 4.69) is 4.98 Å². The Morgan fingerprint density at radius 3 is 2.32 bits per heavy atom. The molecule has 128 valence electrons. The number of carbonyl (C=O) groups is 2. The Kier molecular flexibility index (Phi) is 4.35. The summed E-state index contributed by atoms with van der Waals surface area (Å²) < 4.78 is 13.3. The molecule has 2 aromatic rings.